The molecule has 1 fully saturated rings. The maximum atomic E-state index is 13.1. The number of nitrogens with zero attached hydrogens (tertiary/aromatic N) is 2. The third-order valence-electron chi connectivity index (χ3n) is 5.79. The summed E-state index contributed by atoms with van der Waals surface area (Å²) < 4.78 is 12.8. The lowest BCUT2D eigenvalue weighted by molar-refractivity contribution is -0.00780. The van der Waals surface area contributed by atoms with Gasteiger partial charge in [-0.1, -0.05) is 81.4 Å². The van der Waals surface area contributed by atoms with Crippen LogP contribution in [0.25, 0.3) is 0 Å². The second-order valence-electron chi connectivity index (χ2n) is 10.4. The molecule has 170 valence electrons. The average Bonchev–Trinajstić information content (AvgIpc) is 3.14. The minimum absolute atomic E-state index is 0.222. The van der Waals surface area contributed by atoms with Crippen LogP contribution in [0.15, 0.2) is 60.7 Å². The van der Waals surface area contributed by atoms with E-state index in [4.69, 9.17) is 9.16 Å². The van der Waals surface area contributed by atoms with Crippen LogP contribution in [0, 0.1) is 17.2 Å². The lowest BCUT2D eigenvalue weighted by Crippen LogP contribution is -2.68. The summed E-state index contributed by atoms with van der Waals surface area (Å²) >= 11 is 0. The smallest absolute Gasteiger partial charge is 0.412 e. The van der Waals surface area contributed by atoms with Gasteiger partial charge in [0.25, 0.3) is 8.32 Å². The Hall–Kier alpha value is -2.62. The number of benzene rings is 2. The van der Waals surface area contributed by atoms with E-state index in [2.05, 4.69) is 51.1 Å². The molecule has 1 amide bonds. The molecule has 1 aliphatic heterocycles. The molecule has 5 nitrogen and oxygen atoms in total. The van der Waals surface area contributed by atoms with Gasteiger partial charge in [-0.15, -0.1) is 0 Å². The summed E-state index contributed by atoms with van der Waals surface area (Å²) in [5, 5.41) is 11.7. The normalized spacial score (nSPS) is 19.5. The van der Waals surface area contributed by atoms with Crippen molar-refractivity contribution in [2.24, 2.45) is 5.92 Å². The Balaban J connectivity index is 2.11. The molecule has 0 aliphatic carbocycles. The summed E-state index contributed by atoms with van der Waals surface area (Å²) in [7, 11) is -2.86. The van der Waals surface area contributed by atoms with Gasteiger partial charge in [0.2, 0.25) is 0 Å². The average molecular weight is 451 g/mol. The standard InChI is InChI=1S/C26H34N2O3Si/c1-25(2,3)30-24(29)28-19-20(18-27)17-23(28)31-32(26(4,5)6,21-13-9-7-10-14-21)22-15-11-8-12-16-22/h7-16,20,23H,17,19H2,1-6H3. The van der Waals surface area contributed by atoms with Crippen LogP contribution in [0.2, 0.25) is 5.04 Å². The van der Waals surface area contributed by atoms with Crippen molar-refractivity contribution in [3.05, 3.63) is 60.7 Å². The SMILES string of the molecule is CC(C)(C)OC(=O)N1CC(C#N)CC1O[Si](c1ccccc1)(c1ccccc1)C(C)(C)C. The summed E-state index contributed by atoms with van der Waals surface area (Å²) in [6, 6.07) is 23.0. The lowest BCUT2D eigenvalue weighted by atomic mass is 10.1. The number of nitriles is 1. The molecule has 2 aromatic carbocycles. The van der Waals surface area contributed by atoms with E-state index in [1.165, 1.54) is 0 Å². The second kappa shape index (κ2) is 9.09. The molecular formula is C26H34N2O3Si. The third kappa shape index (κ3) is 4.90. The zero-order chi connectivity index (χ0) is 23.6. The van der Waals surface area contributed by atoms with Crippen molar-refractivity contribution in [1.29, 1.82) is 5.26 Å². The van der Waals surface area contributed by atoms with E-state index in [0.717, 1.165) is 10.4 Å². The zero-order valence-corrected chi connectivity index (χ0v) is 21.0. The summed E-state index contributed by atoms with van der Waals surface area (Å²) in [6.07, 6.45) is -0.487. The highest BCUT2D eigenvalue weighted by atomic mass is 28.4. The molecular weight excluding hydrogens is 416 g/mol. The van der Waals surface area contributed by atoms with E-state index >= 15 is 0 Å². The Morgan fingerprint density at radius 3 is 1.88 bits per heavy atom. The fourth-order valence-electron chi connectivity index (χ4n) is 4.41. The first-order valence-electron chi connectivity index (χ1n) is 11.2. The van der Waals surface area contributed by atoms with E-state index in [0.29, 0.717) is 13.0 Å². The quantitative estimate of drug-likeness (QED) is 0.635. The van der Waals surface area contributed by atoms with Gasteiger partial charge in [-0.2, -0.15) is 5.26 Å². The summed E-state index contributed by atoms with van der Waals surface area (Å²) in [5.74, 6) is -0.286. The summed E-state index contributed by atoms with van der Waals surface area (Å²) in [4.78, 5) is 14.7. The fraction of sp³-hybridized carbons (Fsp3) is 0.462. The molecule has 1 heterocycles. The predicted molar refractivity (Wildman–Crippen MR) is 129 cm³/mol. The monoisotopic (exact) mass is 450 g/mol. The number of carbonyl (C=O) groups excluding carboxylic acids is 1. The van der Waals surface area contributed by atoms with Crippen molar-refractivity contribution in [2.45, 2.75) is 64.8 Å². The van der Waals surface area contributed by atoms with Crippen molar-refractivity contribution in [3.8, 4) is 6.07 Å². The van der Waals surface area contributed by atoms with Crippen molar-refractivity contribution < 1.29 is 14.0 Å². The van der Waals surface area contributed by atoms with Crippen LogP contribution < -0.4 is 10.4 Å². The topological polar surface area (TPSA) is 62.6 Å². The Bertz CT molecular complexity index is 919. The van der Waals surface area contributed by atoms with E-state index < -0.39 is 26.2 Å². The van der Waals surface area contributed by atoms with Crippen molar-refractivity contribution in [2.75, 3.05) is 6.54 Å². The molecule has 0 saturated carbocycles. The molecule has 1 saturated heterocycles. The summed E-state index contributed by atoms with van der Waals surface area (Å²) in [5.41, 5.74) is -0.621. The van der Waals surface area contributed by atoms with E-state index in [-0.39, 0.29) is 11.0 Å². The van der Waals surface area contributed by atoms with Crippen LogP contribution in [-0.4, -0.2) is 37.7 Å². The van der Waals surface area contributed by atoms with Crippen LogP contribution in [0.3, 0.4) is 0 Å². The highest BCUT2D eigenvalue weighted by Gasteiger charge is 2.54. The number of ether oxygens (including phenoxy) is 1. The molecule has 2 atom stereocenters. The maximum Gasteiger partial charge on any atom is 0.412 e. The van der Waals surface area contributed by atoms with Gasteiger partial charge in [0.1, 0.15) is 11.8 Å². The highest BCUT2D eigenvalue weighted by Crippen LogP contribution is 2.40. The number of hydrogen-bond acceptors (Lipinski definition) is 4. The number of carbonyl (C=O) groups is 1. The predicted octanol–water partition coefficient (Wildman–Crippen LogP) is 4.67. The minimum atomic E-state index is -2.86. The van der Waals surface area contributed by atoms with Gasteiger partial charge < -0.3 is 9.16 Å². The van der Waals surface area contributed by atoms with Gasteiger partial charge in [-0.25, -0.2) is 4.79 Å². The molecule has 3 rings (SSSR count). The minimum Gasteiger partial charge on any atom is -0.444 e. The first-order valence-corrected chi connectivity index (χ1v) is 13.1. The number of likely N-dealkylation sites (tertiary alicyclic amines) is 1. The van der Waals surface area contributed by atoms with Crippen molar-refractivity contribution in [1.82, 2.24) is 4.90 Å². The van der Waals surface area contributed by atoms with Crippen LogP contribution in [-0.2, 0) is 9.16 Å². The van der Waals surface area contributed by atoms with Crippen LogP contribution in [0.1, 0.15) is 48.0 Å². The molecule has 6 heteroatoms. The molecule has 0 spiro atoms. The van der Waals surface area contributed by atoms with Gasteiger partial charge in [0.15, 0.2) is 0 Å². The highest BCUT2D eigenvalue weighted by molar-refractivity contribution is 6.99. The number of rotatable bonds is 4. The molecule has 32 heavy (non-hydrogen) atoms. The van der Waals surface area contributed by atoms with E-state index in [1.54, 1.807) is 4.90 Å². The molecule has 1 aliphatic rings. The Labute approximate surface area is 193 Å². The summed E-state index contributed by atoms with van der Waals surface area (Å²) in [6.45, 7) is 12.5. The Morgan fingerprint density at radius 1 is 0.969 bits per heavy atom. The van der Waals surface area contributed by atoms with Crippen molar-refractivity contribution >= 4 is 24.8 Å². The third-order valence-corrected chi connectivity index (χ3v) is 10.8. The van der Waals surface area contributed by atoms with Crippen LogP contribution in [0.5, 0.6) is 0 Å². The van der Waals surface area contributed by atoms with Crippen molar-refractivity contribution in [3.63, 3.8) is 0 Å². The first-order chi connectivity index (χ1) is 15.0. The second-order valence-corrected chi connectivity index (χ2v) is 14.7. The molecule has 2 aromatic rings. The Morgan fingerprint density at radius 2 is 1.47 bits per heavy atom. The zero-order valence-electron chi connectivity index (χ0n) is 20.0. The number of amides is 1. The molecule has 0 radical (unpaired) electrons. The van der Waals surface area contributed by atoms with Gasteiger partial charge in [0.05, 0.1) is 12.0 Å². The molecule has 0 bridgehead atoms. The number of hydrogen-bond donors (Lipinski definition) is 0. The van der Waals surface area contributed by atoms with E-state index in [1.807, 2.05) is 57.2 Å². The largest absolute Gasteiger partial charge is 0.444 e. The fourth-order valence-corrected chi connectivity index (χ4v) is 9.06. The van der Waals surface area contributed by atoms with Gasteiger partial charge in [0, 0.05) is 13.0 Å². The van der Waals surface area contributed by atoms with Crippen LogP contribution >= 0.6 is 0 Å². The lowest BCUT2D eigenvalue weighted by Gasteiger charge is -2.45. The van der Waals surface area contributed by atoms with Gasteiger partial charge in [-0.3, -0.25) is 4.90 Å². The van der Waals surface area contributed by atoms with Crippen LogP contribution in [0.4, 0.5) is 4.79 Å². The first kappa shape index (κ1) is 24.0. The maximum absolute atomic E-state index is 13.1. The molecule has 0 N–H and O–H groups in total. The van der Waals surface area contributed by atoms with Gasteiger partial charge >= 0.3 is 6.09 Å². The van der Waals surface area contributed by atoms with Gasteiger partial charge in [-0.05, 0) is 36.2 Å². The molecule has 2 unspecified atom stereocenters. The van der Waals surface area contributed by atoms with E-state index in [9.17, 15) is 10.1 Å². The molecule has 0 aromatic heterocycles. The Kier molecular flexibility index (Phi) is 6.82.